The van der Waals surface area contributed by atoms with Gasteiger partial charge in [-0.3, -0.25) is 14.3 Å². The molecule has 5 nitrogen and oxygen atoms in total. The van der Waals surface area contributed by atoms with Crippen LogP contribution in [0.3, 0.4) is 0 Å². The Bertz CT molecular complexity index is 1090. The zero-order chi connectivity index (χ0) is 20.4. The van der Waals surface area contributed by atoms with Gasteiger partial charge in [-0.25, -0.2) is 13.8 Å². The predicted molar refractivity (Wildman–Crippen MR) is 110 cm³/mol. The summed E-state index contributed by atoms with van der Waals surface area (Å²) in [6.45, 7) is 5.25. The molecule has 8 heteroatoms. The molecule has 0 radical (unpaired) electrons. The van der Waals surface area contributed by atoms with Crippen LogP contribution in [-0.4, -0.2) is 52.5 Å². The van der Waals surface area contributed by atoms with Crippen molar-refractivity contribution in [3.05, 3.63) is 64.5 Å². The van der Waals surface area contributed by atoms with E-state index < -0.39 is 11.6 Å². The molecule has 152 valence electrons. The summed E-state index contributed by atoms with van der Waals surface area (Å²) < 4.78 is 34.7. The van der Waals surface area contributed by atoms with Crippen molar-refractivity contribution in [2.24, 2.45) is 0 Å². The zero-order valence-corrected chi connectivity index (χ0v) is 16.8. The van der Waals surface area contributed by atoms with Gasteiger partial charge < -0.3 is 4.74 Å². The van der Waals surface area contributed by atoms with Gasteiger partial charge in [0.1, 0.15) is 11.6 Å². The fourth-order valence-corrected chi connectivity index (χ4v) is 4.45. The van der Waals surface area contributed by atoms with E-state index in [0.717, 1.165) is 31.8 Å². The molecule has 29 heavy (non-hydrogen) atoms. The summed E-state index contributed by atoms with van der Waals surface area (Å²) in [7, 11) is 0. The minimum absolute atomic E-state index is 0.00264. The normalized spacial score (nSPS) is 17.7. The molecule has 0 aliphatic carbocycles. The molecule has 3 aromatic rings. The number of ether oxygens (including phenoxy) is 1. The molecular weight excluding hydrogens is 396 g/mol. The van der Waals surface area contributed by atoms with Crippen LogP contribution in [0.15, 0.2) is 52.4 Å². The second-order valence-electron chi connectivity index (χ2n) is 6.98. The topological polar surface area (TPSA) is 47.4 Å². The van der Waals surface area contributed by atoms with Crippen LogP contribution in [0.1, 0.15) is 6.92 Å². The average Bonchev–Trinajstić information content (AvgIpc) is 2.69. The van der Waals surface area contributed by atoms with Crippen LogP contribution in [-0.2, 0) is 4.74 Å². The summed E-state index contributed by atoms with van der Waals surface area (Å²) in [5, 5.41) is 0.781. The Morgan fingerprint density at radius 2 is 2.07 bits per heavy atom. The van der Waals surface area contributed by atoms with E-state index in [2.05, 4.69) is 9.88 Å². The van der Waals surface area contributed by atoms with Gasteiger partial charge in [-0.15, -0.1) is 0 Å². The van der Waals surface area contributed by atoms with Gasteiger partial charge in [-0.05, 0) is 31.2 Å². The second-order valence-corrected chi connectivity index (χ2v) is 8.04. The van der Waals surface area contributed by atoms with E-state index in [1.165, 1.54) is 22.4 Å². The Morgan fingerprint density at radius 3 is 2.86 bits per heavy atom. The quantitative estimate of drug-likeness (QED) is 0.470. The largest absolute Gasteiger partial charge is 0.376 e. The maximum absolute atomic E-state index is 14.5. The number of hydrogen-bond acceptors (Lipinski definition) is 5. The third-order valence-corrected chi connectivity index (χ3v) is 5.78. The Balaban J connectivity index is 1.69. The molecule has 4 rings (SSSR count). The van der Waals surface area contributed by atoms with Crippen LogP contribution in [0.4, 0.5) is 8.78 Å². The summed E-state index contributed by atoms with van der Waals surface area (Å²) >= 11 is 1.39. The molecule has 1 aromatic heterocycles. The molecule has 1 aliphatic rings. The highest BCUT2D eigenvalue weighted by Gasteiger charge is 2.19. The molecule has 1 unspecified atom stereocenters. The average molecular weight is 417 g/mol. The van der Waals surface area contributed by atoms with Crippen molar-refractivity contribution in [1.82, 2.24) is 14.5 Å². The van der Waals surface area contributed by atoms with Crippen molar-refractivity contribution in [3.63, 3.8) is 0 Å². The first kappa shape index (κ1) is 20.0. The summed E-state index contributed by atoms with van der Waals surface area (Å²) in [6.07, 6.45) is 0.194. The fraction of sp³-hybridized carbons (Fsp3) is 0.333. The number of rotatable bonds is 5. The van der Waals surface area contributed by atoms with Gasteiger partial charge in [-0.1, -0.05) is 23.9 Å². The van der Waals surface area contributed by atoms with Crippen LogP contribution in [0.2, 0.25) is 0 Å². The lowest BCUT2D eigenvalue weighted by atomic mass is 10.2. The molecule has 2 heterocycles. The molecule has 0 bridgehead atoms. The van der Waals surface area contributed by atoms with Crippen LogP contribution in [0.5, 0.6) is 0 Å². The smallest absolute Gasteiger partial charge is 0.266 e. The van der Waals surface area contributed by atoms with Crippen LogP contribution in [0, 0.1) is 11.6 Å². The molecule has 1 atom stereocenters. The predicted octanol–water partition coefficient (Wildman–Crippen LogP) is 3.48. The standard InChI is InChI=1S/C21H21F2N3O2S/c1-14-13-25(8-10-28-14)9-11-29-21-24-18-5-3-2-4-16(18)20(27)26(21)19-7-6-15(22)12-17(19)23/h2-7,12,14H,8-11,13H2,1H3. The summed E-state index contributed by atoms with van der Waals surface area (Å²) in [4.78, 5) is 20.0. The van der Waals surface area contributed by atoms with Gasteiger partial charge in [-0.2, -0.15) is 0 Å². The maximum atomic E-state index is 14.5. The minimum Gasteiger partial charge on any atom is -0.376 e. The molecule has 1 fully saturated rings. The highest BCUT2D eigenvalue weighted by Crippen LogP contribution is 2.23. The van der Waals surface area contributed by atoms with E-state index in [9.17, 15) is 13.6 Å². The van der Waals surface area contributed by atoms with Gasteiger partial charge in [0.05, 0.1) is 29.3 Å². The summed E-state index contributed by atoms with van der Waals surface area (Å²) in [5.41, 5.74) is 0.180. The molecule has 1 saturated heterocycles. The summed E-state index contributed by atoms with van der Waals surface area (Å²) in [5.74, 6) is -0.808. The number of morpholine rings is 1. The van der Waals surface area contributed by atoms with E-state index in [1.807, 2.05) is 6.92 Å². The lowest BCUT2D eigenvalue weighted by Crippen LogP contribution is -2.42. The fourth-order valence-electron chi connectivity index (χ4n) is 3.44. The Kier molecular flexibility index (Phi) is 5.94. The van der Waals surface area contributed by atoms with Crippen molar-refractivity contribution in [1.29, 1.82) is 0 Å². The highest BCUT2D eigenvalue weighted by molar-refractivity contribution is 7.99. The van der Waals surface area contributed by atoms with E-state index >= 15 is 0 Å². The van der Waals surface area contributed by atoms with Crippen molar-refractivity contribution in [2.45, 2.75) is 18.2 Å². The van der Waals surface area contributed by atoms with Gasteiger partial charge in [0, 0.05) is 31.5 Å². The SMILES string of the molecule is CC1CN(CCSc2nc3ccccc3c(=O)n2-c2ccc(F)cc2F)CCO1. The lowest BCUT2D eigenvalue weighted by molar-refractivity contribution is -0.0158. The molecular formula is C21H21F2N3O2S. The van der Waals surface area contributed by atoms with Crippen molar-refractivity contribution < 1.29 is 13.5 Å². The van der Waals surface area contributed by atoms with Crippen molar-refractivity contribution in [2.75, 3.05) is 32.0 Å². The molecule has 0 spiro atoms. The number of thioether (sulfide) groups is 1. The van der Waals surface area contributed by atoms with Crippen molar-refractivity contribution >= 4 is 22.7 Å². The van der Waals surface area contributed by atoms with E-state index in [0.29, 0.717) is 28.4 Å². The maximum Gasteiger partial charge on any atom is 0.266 e. The zero-order valence-electron chi connectivity index (χ0n) is 16.0. The van der Waals surface area contributed by atoms with Crippen LogP contribution < -0.4 is 5.56 Å². The van der Waals surface area contributed by atoms with E-state index in [-0.39, 0.29) is 17.4 Å². The van der Waals surface area contributed by atoms with E-state index in [4.69, 9.17) is 4.74 Å². The molecule has 1 aliphatic heterocycles. The molecule has 0 saturated carbocycles. The first-order chi connectivity index (χ1) is 14.0. The number of benzene rings is 2. The number of nitrogens with zero attached hydrogens (tertiary/aromatic N) is 3. The Hall–Kier alpha value is -2.29. The number of para-hydroxylation sites is 1. The van der Waals surface area contributed by atoms with Crippen LogP contribution >= 0.6 is 11.8 Å². The number of hydrogen-bond donors (Lipinski definition) is 0. The molecule has 0 amide bonds. The molecule has 2 aromatic carbocycles. The van der Waals surface area contributed by atoms with Crippen LogP contribution in [0.25, 0.3) is 16.6 Å². The second kappa shape index (κ2) is 8.61. The lowest BCUT2D eigenvalue weighted by Gasteiger charge is -2.30. The third kappa shape index (κ3) is 4.34. The van der Waals surface area contributed by atoms with E-state index in [1.54, 1.807) is 24.3 Å². The van der Waals surface area contributed by atoms with Gasteiger partial charge >= 0.3 is 0 Å². The van der Waals surface area contributed by atoms with Gasteiger partial charge in [0.25, 0.3) is 5.56 Å². The molecule has 0 N–H and O–H groups in total. The Labute approximate surface area is 171 Å². The summed E-state index contributed by atoms with van der Waals surface area (Å²) in [6, 6.07) is 10.2. The third-order valence-electron chi connectivity index (χ3n) is 4.86. The minimum atomic E-state index is -0.798. The number of aromatic nitrogens is 2. The first-order valence-electron chi connectivity index (χ1n) is 9.47. The monoisotopic (exact) mass is 417 g/mol. The van der Waals surface area contributed by atoms with Crippen molar-refractivity contribution in [3.8, 4) is 5.69 Å². The Morgan fingerprint density at radius 1 is 1.24 bits per heavy atom. The van der Waals surface area contributed by atoms with Gasteiger partial charge in [0.2, 0.25) is 0 Å². The number of halogens is 2. The highest BCUT2D eigenvalue weighted by atomic mass is 32.2. The first-order valence-corrected chi connectivity index (χ1v) is 10.5. The van der Waals surface area contributed by atoms with Gasteiger partial charge in [0.15, 0.2) is 5.16 Å². The number of fused-ring (bicyclic) bond motifs is 1.